The Morgan fingerprint density at radius 2 is 1.80 bits per heavy atom. The van der Waals surface area contributed by atoms with E-state index in [1.165, 1.54) is 18.4 Å². The summed E-state index contributed by atoms with van der Waals surface area (Å²) in [6, 6.07) is 13.0. The second-order valence-corrected chi connectivity index (χ2v) is 10.1. The fourth-order valence-electron chi connectivity index (χ4n) is 3.15. The Bertz CT molecular complexity index is 1160. The molecule has 0 unspecified atom stereocenters. The minimum absolute atomic E-state index is 0.280. The second-order valence-electron chi connectivity index (χ2n) is 7.14. The number of methoxy groups -OCH3 is 1. The number of halogens is 1. The van der Waals surface area contributed by atoms with Crippen LogP contribution in [0.5, 0.6) is 5.75 Å². The van der Waals surface area contributed by atoms with Gasteiger partial charge >= 0.3 is 0 Å². The zero-order valence-electron chi connectivity index (χ0n) is 17.4. The second kappa shape index (κ2) is 9.24. The molecule has 8 heteroatoms. The van der Waals surface area contributed by atoms with E-state index < -0.39 is 10.0 Å². The molecular formula is C22H24BrN3O3S. The lowest BCUT2D eigenvalue weighted by Gasteiger charge is -2.15. The number of aryl methyl sites for hydroxylation is 1. The Morgan fingerprint density at radius 3 is 2.50 bits per heavy atom. The first-order chi connectivity index (χ1) is 14.2. The summed E-state index contributed by atoms with van der Waals surface area (Å²) in [7, 11) is 1.14. The van der Waals surface area contributed by atoms with Gasteiger partial charge in [-0.1, -0.05) is 35.9 Å². The summed E-state index contributed by atoms with van der Waals surface area (Å²) in [5.74, 6) is 1.43. The number of aromatic nitrogens is 2. The van der Waals surface area contributed by atoms with Crippen LogP contribution >= 0.6 is 15.9 Å². The molecule has 0 aliphatic rings. The molecule has 0 aliphatic carbocycles. The molecule has 0 amide bonds. The van der Waals surface area contributed by atoms with Crippen molar-refractivity contribution in [3.05, 3.63) is 81.3 Å². The number of benzene rings is 2. The molecule has 0 radical (unpaired) electrons. The van der Waals surface area contributed by atoms with Crippen molar-refractivity contribution in [2.45, 2.75) is 24.7 Å². The maximum atomic E-state index is 12.7. The van der Waals surface area contributed by atoms with Gasteiger partial charge in [-0.15, -0.1) is 0 Å². The topological polar surface area (TPSA) is 72.4 Å². The van der Waals surface area contributed by atoms with Gasteiger partial charge in [0.1, 0.15) is 11.6 Å². The molecule has 0 spiro atoms. The van der Waals surface area contributed by atoms with E-state index >= 15 is 0 Å². The highest BCUT2D eigenvalue weighted by Gasteiger charge is 2.21. The van der Waals surface area contributed by atoms with E-state index in [9.17, 15) is 8.42 Å². The maximum Gasteiger partial charge on any atom is 0.242 e. The van der Waals surface area contributed by atoms with Crippen LogP contribution in [0, 0.1) is 6.92 Å². The summed E-state index contributed by atoms with van der Waals surface area (Å²) in [6.45, 7) is 2.03. The van der Waals surface area contributed by atoms with Crippen molar-refractivity contribution in [2.75, 3.05) is 21.2 Å². The summed E-state index contributed by atoms with van der Waals surface area (Å²) < 4.78 is 32.8. The maximum absolute atomic E-state index is 12.7. The summed E-state index contributed by atoms with van der Waals surface area (Å²) in [5, 5.41) is 0. The number of nitrogens with zero attached hydrogens (tertiary/aromatic N) is 3. The molecule has 1 aromatic heterocycles. The van der Waals surface area contributed by atoms with Gasteiger partial charge in [0.2, 0.25) is 10.0 Å². The Kier molecular flexibility index (Phi) is 6.90. The minimum Gasteiger partial charge on any atom is -0.496 e. The van der Waals surface area contributed by atoms with Crippen molar-refractivity contribution in [2.24, 2.45) is 0 Å². The molecule has 30 heavy (non-hydrogen) atoms. The number of hydrogen-bond acceptors (Lipinski definition) is 5. The molecule has 0 bridgehead atoms. The molecule has 3 aromatic rings. The molecule has 0 saturated heterocycles. The number of ether oxygens (including phenoxy) is 1. The zero-order chi connectivity index (χ0) is 21.9. The normalized spacial score (nSPS) is 11.7. The van der Waals surface area contributed by atoms with Crippen LogP contribution in [0.2, 0.25) is 0 Å². The number of hydrogen-bond donors (Lipinski definition) is 0. The highest BCUT2D eigenvalue weighted by atomic mass is 79.9. The van der Waals surface area contributed by atoms with Crippen LogP contribution in [0.4, 0.5) is 0 Å². The lowest BCUT2D eigenvalue weighted by molar-refractivity contribution is 0.410. The van der Waals surface area contributed by atoms with Gasteiger partial charge in [-0.2, -0.15) is 0 Å². The van der Waals surface area contributed by atoms with E-state index in [1.54, 1.807) is 25.4 Å². The van der Waals surface area contributed by atoms with Crippen molar-refractivity contribution in [3.8, 4) is 5.75 Å². The molecule has 1 heterocycles. The minimum atomic E-state index is -3.55. The first kappa shape index (κ1) is 22.4. The molecule has 158 valence electrons. The van der Waals surface area contributed by atoms with Gasteiger partial charge in [-0.25, -0.2) is 22.7 Å². The van der Waals surface area contributed by atoms with Crippen LogP contribution in [-0.4, -0.2) is 43.9 Å². The smallest absolute Gasteiger partial charge is 0.242 e. The van der Waals surface area contributed by atoms with Gasteiger partial charge in [0.15, 0.2) is 0 Å². The quantitative estimate of drug-likeness (QED) is 0.501. The highest BCUT2D eigenvalue weighted by molar-refractivity contribution is 9.10. The largest absolute Gasteiger partial charge is 0.496 e. The first-order valence-electron chi connectivity index (χ1n) is 9.36. The van der Waals surface area contributed by atoms with Crippen molar-refractivity contribution in [1.82, 2.24) is 14.3 Å². The SMILES string of the molecule is COc1ccc(C)cc1Cc1ncc(Br)c(Cc2ccccc2S(=O)(=O)N(C)C)n1. The fourth-order valence-corrected chi connectivity index (χ4v) is 4.59. The molecule has 0 atom stereocenters. The summed E-state index contributed by atoms with van der Waals surface area (Å²) in [5.41, 5.74) is 3.55. The molecule has 6 nitrogen and oxygen atoms in total. The molecule has 2 aromatic carbocycles. The molecule has 0 fully saturated rings. The van der Waals surface area contributed by atoms with E-state index in [4.69, 9.17) is 9.72 Å². The average Bonchev–Trinajstić information content (AvgIpc) is 2.71. The van der Waals surface area contributed by atoms with E-state index in [0.717, 1.165) is 27.0 Å². The van der Waals surface area contributed by atoms with Gasteiger partial charge in [-0.3, -0.25) is 0 Å². The van der Waals surface area contributed by atoms with Gasteiger partial charge in [0, 0.05) is 38.7 Å². The van der Waals surface area contributed by atoms with Gasteiger partial charge in [0.05, 0.1) is 22.2 Å². The van der Waals surface area contributed by atoms with Crippen LogP contribution in [-0.2, 0) is 22.9 Å². The van der Waals surface area contributed by atoms with E-state index in [0.29, 0.717) is 24.2 Å². The van der Waals surface area contributed by atoms with E-state index in [1.807, 2.05) is 31.2 Å². The number of rotatable bonds is 7. The first-order valence-corrected chi connectivity index (χ1v) is 11.6. The van der Waals surface area contributed by atoms with Crippen LogP contribution in [0.25, 0.3) is 0 Å². The lowest BCUT2D eigenvalue weighted by atomic mass is 10.1. The summed E-state index contributed by atoms with van der Waals surface area (Å²) >= 11 is 3.51. The molecule has 0 saturated carbocycles. The predicted molar refractivity (Wildman–Crippen MR) is 120 cm³/mol. The molecular weight excluding hydrogens is 466 g/mol. The summed E-state index contributed by atoms with van der Waals surface area (Å²) in [6.07, 6.45) is 2.59. The molecule has 3 rings (SSSR count). The third-order valence-electron chi connectivity index (χ3n) is 4.74. The standard InChI is InChI=1S/C22H24BrN3O3S/c1-15-9-10-20(29-4)17(11-15)13-22-24-14-18(23)19(25-22)12-16-7-5-6-8-21(16)30(27,28)26(2)3/h5-11,14H,12-13H2,1-4H3. The van der Waals surface area contributed by atoms with Crippen LogP contribution in [0.15, 0.2) is 58.0 Å². The van der Waals surface area contributed by atoms with Crippen molar-refractivity contribution >= 4 is 26.0 Å². The molecule has 0 N–H and O–H groups in total. The summed E-state index contributed by atoms with van der Waals surface area (Å²) in [4.78, 5) is 9.43. The predicted octanol–water partition coefficient (Wildman–Crippen LogP) is 3.99. The van der Waals surface area contributed by atoms with Crippen LogP contribution < -0.4 is 4.74 Å². The zero-order valence-corrected chi connectivity index (χ0v) is 19.8. The Labute approximate surface area is 186 Å². The van der Waals surface area contributed by atoms with Gasteiger partial charge in [-0.05, 0) is 40.5 Å². The third kappa shape index (κ3) is 4.88. The Hall–Kier alpha value is -2.29. The van der Waals surface area contributed by atoms with Gasteiger partial charge < -0.3 is 4.74 Å². The third-order valence-corrected chi connectivity index (χ3v) is 7.32. The van der Waals surface area contributed by atoms with Crippen molar-refractivity contribution < 1.29 is 13.2 Å². The van der Waals surface area contributed by atoms with Gasteiger partial charge in [0.25, 0.3) is 0 Å². The lowest BCUT2D eigenvalue weighted by Crippen LogP contribution is -2.23. The van der Waals surface area contributed by atoms with Crippen LogP contribution in [0.3, 0.4) is 0 Å². The van der Waals surface area contributed by atoms with E-state index in [2.05, 4.69) is 27.0 Å². The Balaban J connectivity index is 1.96. The van der Waals surface area contributed by atoms with Crippen LogP contribution in [0.1, 0.15) is 28.2 Å². The Morgan fingerprint density at radius 1 is 1.07 bits per heavy atom. The van der Waals surface area contributed by atoms with Crippen molar-refractivity contribution in [1.29, 1.82) is 0 Å². The highest BCUT2D eigenvalue weighted by Crippen LogP contribution is 2.26. The van der Waals surface area contributed by atoms with Crippen molar-refractivity contribution in [3.63, 3.8) is 0 Å². The average molecular weight is 490 g/mol. The fraction of sp³-hybridized carbons (Fsp3) is 0.273. The van der Waals surface area contributed by atoms with E-state index in [-0.39, 0.29) is 4.90 Å². The molecule has 0 aliphatic heterocycles. The number of sulfonamides is 1. The monoisotopic (exact) mass is 489 g/mol.